The van der Waals surface area contributed by atoms with Crippen molar-refractivity contribution in [1.82, 2.24) is 4.57 Å². The first-order valence-corrected chi connectivity index (χ1v) is 21.5. The lowest BCUT2D eigenvalue weighted by molar-refractivity contribution is 1.02. The van der Waals surface area contributed by atoms with Gasteiger partial charge in [-0.1, -0.05) is 182 Å². The highest BCUT2D eigenvalue weighted by Crippen LogP contribution is 2.49. The molecular formula is C61H41N. The standard InChI is InChI=1S/C61H41N/c1-5-15-41(16-6-1)46-28-33-59-57(39-46)58-40-48(47-27-32-55-56(38-47)53-23-13-14-24-54(53)61(55)45-21-11-4-12-22-45)29-34-60(58)62(59)52-30-25-44(26-31-52)51-36-49(42-17-7-2-8-18-42)35-50(37-51)43-19-9-3-10-20-43/h1-40,61H. The monoisotopic (exact) mass is 787 g/mol. The third kappa shape index (κ3) is 6.17. The molecule has 1 nitrogen and oxygen atoms in total. The normalized spacial score (nSPS) is 13.0. The van der Waals surface area contributed by atoms with Crippen molar-refractivity contribution in [3.8, 4) is 72.4 Å². The molecule has 1 aromatic heterocycles. The van der Waals surface area contributed by atoms with Crippen LogP contribution in [0.1, 0.15) is 22.6 Å². The van der Waals surface area contributed by atoms with Crippen molar-refractivity contribution < 1.29 is 0 Å². The van der Waals surface area contributed by atoms with Gasteiger partial charge in [-0.15, -0.1) is 0 Å². The second-order valence-corrected chi connectivity index (χ2v) is 16.5. The minimum Gasteiger partial charge on any atom is -0.309 e. The minimum absolute atomic E-state index is 0.235. The molecule has 12 rings (SSSR count). The topological polar surface area (TPSA) is 4.93 Å². The Morgan fingerprint density at radius 2 is 0.661 bits per heavy atom. The Morgan fingerprint density at radius 1 is 0.258 bits per heavy atom. The highest BCUT2D eigenvalue weighted by atomic mass is 15.0. The van der Waals surface area contributed by atoms with E-state index in [1.807, 2.05) is 0 Å². The zero-order chi connectivity index (χ0) is 41.0. The molecule has 1 unspecified atom stereocenters. The summed E-state index contributed by atoms with van der Waals surface area (Å²) in [6.07, 6.45) is 0. The van der Waals surface area contributed by atoms with Gasteiger partial charge in [0.25, 0.3) is 0 Å². The molecule has 0 saturated carbocycles. The Balaban J connectivity index is 0.985. The van der Waals surface area contributed by atoms with Gasteiger partial charge in [-0.3, -0.25) is 0 Å². The van der Waals surface area contributed by atoms with E-state index < -0.39 is 0 Å². The molecule has 0 spiro atoms. The van der Waals surface area contributed by atoms with E-state index >= 15 is 0 Å². The summed E-state index contributed by atoms with van der Waals surface area (Å²) in [5.74, 6) is 0.235. The quantitative estimate of drug-likeness (QED) is 0.152. The summed E-state index contributed by atoms with van der Waals surface area (Å²) in [5, 5.41) is 2.48. The van der Waals surface area contributed by atoms with Crippen molar-refractivity contribution in [2.45, 2.75) is 5.92 Å². The van der Waals surface area contributed by atoms with Gasteiger partial charge in [0, 0.05) is 22.4 Å². The number of hydrogen-bond acceptors (Lipinski definition) is 0. The number of aromatic nitrogens is 1. The molecule has 1 heterocycles. The lowest BCUT2D eigenvalue weighted by Gasteiger charge is -2.14. The predicted molar refractivity (Wildman–Crippen MR) is 261 cm³/mol. The second kappa shape index (κ2) is 14.9. The molecule has 0 saturated heterocycles. The second-order valence-electron chi connectivity index (χ2n) is 16.5. The van der Waals surface area contributed by atoms with Gasteiger partial charge < -0.3 is 4.57 Å². The molecule has 10 aromatic carbocycles. The van der Waals surface area contributed by atoms with E-state index in [2.05, 4.69) is 247 Å². The molecule has 1 heteroatoms. The predicted octanol–water partition coefficient (Wildman–Crippen LogP) is 16.3. The van der Waals surface area contributed by atoms with Crippen LogP contribution in [-0.4, -0.2) is 4.57 Å². The van der Waals surface area contributed by atoms with E-state index in [-0.39, 0.29) is 5.92 Å². The summed E-state index contributed by atoms with van der Waals surface area (Å²) in [6, 6.07) is 89.2. The van der Waals surface area contributed by atoms with Crippen molar-refractivity contribution in [3.63, 3.8) is 0 Å². The van der Waals surface area contributed by atoms with E-state index in [0.29, 0.717) is 0 Å². The molecule has 1 aliphatic rings. The average Bonchev–Trinajstić information content (AvgIpc) is 3.87. The first-order chi connectivity index (χ1) is 30.7. The number of rotatable bonds is 7. The van der Waals surface area contributed by atoms with E-state index in [9.17, 15) is 0 Å². The average molecular weight is 788 g/mol. The molecule has 0 radical (unpaired) electrons. The number of benzene rings is 10. The van der Waals surface area contributed by atoms with Crippen LogP contribution in [-0.2, 0) is 0 Å². The van der Waals surface area contributed by atoms with Crippen molar-refractivity contribution >= 4 is 21.8 Å². The summed E-state index contributed by atoms with van der Waals surface area (Å²) >= 11 is 0. The summed E-state index contributed by atoms with van der Waals surface area (Å²) in [5.41, 5.74) is 22.4. The van der Waals surface area contributed by atoms with Crippen LogP contribution >= 0.6 is 0 Å². The van der Waals surface area contributed by atoms with E-state index in [1.54, 1.807) is 0 Å². The van der Waals surface area contributed by atoms with E-state index in [0.717, 1.165) is 5.69 Å². The van der Waals surface area contributed by atoms with Crippen LogP contribution in [0.5, 0.6) is 0 Å². The fourth-order valence-corrected chi connectivity index (χ4v) is 9.87. The molecule has 0 N–H and O–H groups in total. The lowest BCUT2D eigenvalue weighted by Crippen LogP contribution is -1.98. The van der Waals surface area contributed by atoms with Gasteiger partial charge in [0.15, 0.2) is 0 Å². The van der Waals surface area contributed by atoms with Crippen LogP contribution in [0.25, 0.3) is 94.3 Å². The molecule has 0 amide bonds. The van der Waals surface area contributed by atoms with E-state index in [1.165, 1.54) is 105 Å². The summed E-state index contributed by atoms with van der Waals surface area (Å²) in [7, 11) is 0. The first-order valence-electron chi connectivity index (χ1n) is 21.5. The Bertz CT molecular complexity index is 3360. The molecule has 1 atom stereocenters. The summed E-state index contributed by atoms with van der Waals surface area (Å²) < 4.78 is 2.44. The molecule has 11 aromatic rings. The zero-order valence-electron chi connectivity index (χ0n) is 34.1. The third-order valence-corrected chi connectivity index (χ3v) is 12.9. The number of nitrogens with zero attached hydrogens (tertiary/aromatic N) is 1. The van der Waals surface area contributed by atoms with Gasteiger partial charge in [-0.2, -0.15) is 0 Å². The zero-order valence-corrected chi connectivity index (χ0v) is 34.1. The van der Waals surface area contributed by atoms with Crippen LogP contribution in [0, 0.1) is 0 Å². The molecule has 0 aliphatic heterocycles. The van der Waals surface area contributed by atoms with Crippen molar-refractivity contribution in [1.29, 1.82) is 0 Å². The molecule has 62 heavy (non-hydrogen) atoms. The highest BCUT2D eigenvalue weighted by molar-refractivity contribution is 6.11. The van der Waals surface area contributed by atoms with Crippen molar-refractivity contribution in [2.75, 3.05) is 0 Å². The number of hydrogen-bond donors (Lipinski definition) is 0. The highest BCUT2D eigenvalue weighted by Gasteiger charge is 2.30. The summed E-state index contributed by atoms with van der Waals surface area (Å²) in [6.45, 7) is 0. The Kier molecular flexibility index (Phi) is 8.64. The van der Waals surface area contributed by atoms with Crippen LogP contribution in [0.2, 0.25) is 0 Å². The Hall–Kier alpha value is -8.00. The molecule has 0 fully saturated rings. The van der Waals surface area contributed by atoms with E-state index in [4.69, 9.17) is 0 Å². The SMILES string of the molecule is c1ccc(-c2cc(-c3ccccc3)cc(-c3ccc(-n4c5ccc(-c6ccccc6)cc5c5cc(-c6ccc7c(c6)-c6ccccc6C7c6ccccc6)ccc54)cc3)c2)cc1. The number of fused-ring (bicyclic) bond motifs is 6. The van der Waals surface area contributed by atoms with Gasteiger partial charge in [-0.05, 0) is 144 Å². The van der Waals surface area contributed by atoms with Crippen LogP contribution < -0.4 is 0 Å². The van der Waals surface area contributed by atoms with Crippen LogP contribution in [0.15, 0.2) is 243 Å². The van der Waals surface area contributed by atoms with Crippen molar-refractivity contribution in [3.05, 3.63) is 259 Å². The van der Waals surface area contributed by atoms with Crippen molar-refractivity contribution in [2.24, 2.45) is 0 Å². The molecule has 0 bridgehead atoms. The lowest BCUT2D eigenvalue weighted by atomic mass is 9.89. The fourth-order valence-electron chi connectivity index (χ4n) is 9.87. The maximum absolute atomic E-state index is 2.44. The van der Waals surface area contributed by atoms with Crippen LogP contribution in [0.3, 0.4) is 0 Å². The Morgan fingerprint density at radius 3 is 1.23 bits per heavy atom. The minimum atomic E-state index is 0.235. The molecular weight excluding hydrogens is 747 g/mol. The van der Waals surface area contributed by atoms with Gasteiger partial charge in [-0.25, -0.2) is 0 Å². The smallest absolute Gasteiger partial charge is 0.0541 e. The maximum Gasteiger partial charge on any atom is 0.0541 e. The summed E-state index contributed by atoms with van der Waals surface area (Å²) in [4.78, 5) is 0. The van der Waals surface area contributed by atoms with Gasteiger partial charge in [0.1, 0.15) is 0 Å². The fraction of sp³-hybridized carbons (Fsp3) is 0.0164. The van der Waals surface area contributed by atoms with Gasteiger partial charge in [0.05, 0.1) is 11.0 Å². The largest absolute Gasteiger partial charge is 0.309 e. The maximum atomic E-state index is 2.44. The molecule has 290 valence electrons. The molecule has 1 aliphatic carbocycles. The third-order valence-electron chi connectivity index (χ3n) is 12.9. The van der Waals surface area contributed by atoms with Crippen LogP contribution in [0.4, 0.5) is 0 Å². The Labute approximate surface area is 362 Å². The first kappa shape index (κ1) is 35.9. The van der Waals surface area contributed by atoms with Gasteiger partial charge in [0.2, 0.25) is 0 Å². The van der Waals surface area contributed by atoms with Gasteiger partial charge >= 0.3 is 0 Å².